The number of anilines is 1. The average molecular weight is 449 g/mol. The Balaban J connectivity index is 1.66. The maximum atomic E-state index is 14.0. The Labute approximate surface area is 188 Å². The van der Waals surface area contributed by atoms with E-state index >= 15 is 0 Å². The number of amides is 1. The third kappa shape index (κ3) is 5.85. The maximum absolute atomic E-state index is 14.0. The summed E-state index contributed by atoms with van der Waals surface area (Å²) in [6, 6.07) is 5.98. The summed E-state index contributed by atoms with van der Waals surface area (Å²) < 4.78 is 19.6. The van der Waals surface area contributed by atoms with Crippen molar-refractivity contribution >= 4 is 23.3 Å². The van der Waals surface area contributed by atoms with E-state index in [2.05, 4.69) is 35.6 Å². The van der Waals surface area contributed by atoms with Gasteiger partial charge < -0.3 is 14.5 Å². The van der Waals surface area contributed by atoms with E-state index in [-0.39, 0.29) is 29.5 Å². The number of nitrogens with zero attached hydrogens (tertiary/aromatic N) is 4. The fourth-order valence-electron chi connectivity index (χ4n) is 3.91. The monoisotopic (exact) mass is 448 g/mol. The molecule has 0 radical (unpaired) electrons. The molecule has 2 heterocycles. The minimum atomic E-state index is -0.554. The van der Waals surface area contributed by atoms with Gasteiger partial charge in [0.05, 0.1) is 0 Å². The number of hydrogen-bond donors (Lipinski definition) is 0. The molecule has 1 aliphatic rings. The molecule has 1 saturated heterocycles. The lowest BCUT2D eigenvalue weighted by atomic mass is 9.96. The normalized spacial score (nSPS) is 17.5. The molecule has 2 atom stereocenters. The second-order valence-electron chi connectivity index (χ2n) is 7.97. The number of piperazine rings is 1. The molecule has 0 aliphatic carbocycles. The Morgan fingerprint density at radius 2 is 2.10 bits per heavy atom. The van der Waals surface area contributed by atoms with Crippen molar-refractivity contribution in [3.05, 3.63) is 41.4 Å². The number of aromatic nitrogens is 2. The van der Waals surface area contributed by atoms with Gasteiger partial charge in [0.1, 0.15) is 12.1 Å². The molecule has 1 aromatic heterocycles. The highest BCUT2D eigenvalue weighted by molar-refractivity contribution is 6.30. The number of halogens is 2. The van der Waals surface area contributed by atoms with Crippen LogP contribution in [0.2, 0.25) is 5.02 Å². The fourth-order valence-corrected chi connectivity index (χ4v) is 4.07. The van der Waals surface area contributed by atoms with Crippen LogP contribution in [0, 0.1) is 11.7 Å². The zero-order valence-electron chi connectivity index (χ0n) is 18.4. The topological polar surface area (TPSA) is 58.6 Å². The largest absolute Gasteiger partial charge is 0.436 e. The second-order valence-corrected chi connectivity index (χ2v) is 8.40. The van der Waals surface area contributed by atoms with Crippen LogP contribution in [-0.2, 0) is 4.79 Å². The van der Waals surface area contributed by atoms with Gasteiger partial charge in [0.2, 0.25) is 11.8 Å². The third-order valence-electron chi connectivity index (χ3n) is 5.72. The first-order chi connectivity index (χ1) is 14.9. The zero-order chi connectivity index (χ0) is 22.4. The van der Waals surface area contributed by atoms with Gasteiger partial charge in [-0.1, -0.05) is 38.3 Å². The van der Waals surface area contributed by atoms with Crippen molar-refractivity contribution in [3.8, 4) is 11.6 Å². The highest BCUT2D eigenvalue weighted by atomic mass is 35.5. The molecule has 0 spiro atoms. The molecular weight excluding hydrogens is 419 g/mol. The van der Waals surface area contributed by atoms with Crippen molar-refractivity contribution in [1.29, 1.82) is 0 Å². The summed E-state index contributed by atoms with van der Waals surface area (Å²) in [6.45, 7) is 8.30. The summed E-state index contributed by atoms with van der Waals surface area (Å²) in [7, 11) is 0. The molecule has 1 aromatic carbocycles. The fraction of sp³-hybridized carbons (Fsp3) is 0.522. The lowest BCUT2D eigenvalue weighted by Crippen LogP contribution is -2.55. The van der Waals surface area contributed by atoms with Gasteiger partial charge in [-0.05, 0) is 38.0 Å². The Kier molecular flexibility index (Phi) is 8.07. The van der Waals surface area contributed by atoms with Crippen molar-refractivity contribution in [3.63, 3.8) is 0 Å². The summed E-state index contributed by atoms with van der Waals surface area (Å²) in [5.74, 6) is 0.798. The smallest absolute Gasteiger partial charge is 0.226 e. The number of rotatable bonds is 8. The molecule has 3 rings (SSSR count). The number of unbranched alkanes of at least 4 members (excludes halogenated alkanes) is 1. The summed E-state index contributed by atoms with van der Waals surface area (Å²) >= 11 is 5.79. The SMILES string of the molecule is CCCCC(CC)C(=O)N1CCN(c2cc(Oc3ccc(Cl)cc3F)ncn2)CC1C. The van der Waals surface area contributed by atoms with Crippen LogP contribution >= 0.6 is 11.6 Å². The second kappa shape index (κ2) is 10.8. The summed E-state index contributed by atoms with van der Waals surface area (Å²) in [4.78, 5) is 25.6. The van der Waals surface area contributed by atoms with Gasteiger partial charge in [-0.25, -0.2) is 14.4 Å². The minimum absolute atomic E-state index is 0.0514. The number of hydrogen-bond acceptors (Lipinski definition) is 5. The van der Waals surface area contributed by atoms with Gasteiger partial charge in [-0.3, -0.25) is 4.79 Å². The molecule has 1 aliphatic heterocycles. The molecule has 1 fully saturated rings. The van der Waals surface area contributed by atoms with Crippen LogP contribution in [-0.4, -0.2) is 46.5 Å². The first-order valence-corrected chi connectivity index (χ1v) is 11.3. The van der Waals surface area contributed by atoms with Crippen molar-refractivity contribution in [2.45, 2.75) is 52.5 Å². The molecule has 1 amide bonds. The van der Waals surface area contributed by atoms with E-state index in [1.54, 1.807) is 12.1 Å². The van der Waals surface area contributed by atoms with Gasteiger partial charge in [0.15, 0.2) is 11.6 Å². The predicted molar refractivity (Wildman–Crippen MR) is 120 cm³/mol. The molecule has 8 heteroatoms. The molecule has 31 heavy (non-hydrogen) atoms. The van der Waals surface area contributed by atoms with Gasteiger partial charge in [-0.15, -0.1) is 0 Å². The van der Waals surface area contributed by atoms with E-state index in [0.717, 1.165) is 25.7 Å². The van der Waals surface area contributed by atoms with Crippen molar-refractivity contribution in [2.24, 2.45) is 5.92 Å². The third-order valence-corrected chi connectivity index (χ3v) is 5.95. The van der Waals surface area contributed by atoms with Crippen LogP contribution < -0.4 is 9.64 Å². The molecule has 0 bridgehead atoms. The Morgan fingerprint density at radius 1 is 1.29 bits per heavy atom. The van der Waals surface area contributed by atoms with Crippen LogP contribution in [0.4, 0.5) is 10.2 Å². The molecule has 0 saturated carbocycles. The molecule has 0 N–H and O–H groups in total. The van der Waals surface area contributed by atoms with Crippen LogP contribution in [0.15, 0.2) is 30.6 Å². The van der Waals surface area contributed by atoms with E-state index < -0.39 is 5.82 Å². The van der Waals surface area contributed by atoms with E-state index in [9.17, 15) is 9.18 Å². The van der Waals surface area contributed by atoms with E-state index in [1.165, 1.54) is 18.5 Å². The van der Waals surface area contributed by atoms with E-state index in [1.807, 2.05) is 4.90 Å². The number of benzene rings is 1. The molecule has 6 nitrogen and oxygen atoms in total. The van der Waals surface area contributed by atoms with Gasteiger partial charge in [0.25, 0.3) is 0 Å². The standard InChI is InChI=1S/C23H30ClFN4O2/c1-4-6-7-17(5-2)23(30)29-11-10-28(14-16(29)3)21-13-22(27-15-26-21)31-20-9-8-18(24)12-19(20)25/h8-9,12-13,15-17H,4-7,10-11,14H2,1-3H3. The van der Waals surface area contributed by atoms with Crippen molar-refractivity contribution < 1.29 is 13.9 Å². The van der Waals surface area contributed by atoms with Gasteiger partial charge in [0, 0.05) is 42.7 Å². The molecule has 168 valence electrons. The lowest BCUT2D eigenvalue weighted by molar-refractivity contribution is -0.138. The van der Waals surface area contributed by atoms with Gasteiger partial charge >= 0.3 is 0 Å². The first kappa shape index (κ1) is 23.3. The van der Waals surface area contributed by atoms with E-state index in [0.29, 0.717) is 30.5 Å². The van der Waals surface area contributed by atoms with Crippen LogP contribution in [0.3, 0.4) is 0 Å². The van der Waals surface area contributed by atoms with Gasteiger partial charge in [-0.2, -0.15) is 0 Å². The van der Waals surface area contributed by atoms with Crippen molar-refractivity contribution in [2.75, 3.05) is 24.5 Å². The minimum Gasteiger partial charge on any atom is -0.436 e. The average Bonchev–Trinajstić information content (AvgIpc) is 2.76. The molecule has 2 aromatic rings. The first-order valence-electron chi connectivity index (χ1n) is 10.9. The number of carbonyl (C=O) groups is 1. The zero-order valence-corrected chi connectivity index (χ0v) is 19.1. The van der Waals surface area contributed by atoms with Crippen LogP contribution in [0.5, 0.6) is 11.6 Å². The lowest BCUT2D eigenvalue weighted by Gasteiger charge is -2.41. The quantitative estimate of drug-likeness (QED) is 0.547. The van der Waals surface area contributed by atoms with Crippen molar-refractivity contribution in [1.82, 2.24) is 14.9 Å². The van der Waals surface area contributed by atoms with Crippen LogP contribution in [0.1, 0.15) is 46.5 Å². The summed E-state index contributed by atoms with van der Waals surface area (Å²) in [6.07, 6.45) is 5.41. The Morgan fingerprint density at radius 3 is 2.77 bits per heavy atom. The Hall–Kier alpha value is -2.41. The summed E-state index contributed by atoms with van der Waals surface area (Å²) in [5.41, 5.74) is 0. The predicted octanol–water partition coefficient (Wildman–Crippen LogP) is 5.31. The summed E-state index contributed by atoms with van der Waals surface area (Å²) in [5, 5.41) is 0.301. The Bertz CT molecular complexity index is 898. The maximum Gasteiger partial charge on any atom is 0.226 e. The molecule has 2 unspecified atom stereocenters. The van der Waals surface area contributed by atoms with Crippen LogP contribution in [0.25, 0.3) is 0 Å². The highest BCUT2D eigenvalue weighted by Crippen LogP contribution is 2.28. The van der Waals surface area contributed by atoms with E-state index in [4.69, 9.17) is 16.3 Å². The highest BCUT2D eigenvalue weighted by Gasteiger charge is 2.31. The number of carbonyl (C=O) groups excluding carboxylic acids is 1. The number of ether oxygens (including phenoxy) is 1. The molecular formula is C23H30ClFN4O2.